The number of hydrogen-bond donors (Lipinski definition) is 1. The van der Waals surface area contributed by atoms with Crippen LogP contribution < -0.4 is 5.32 Å². The van der Waals surface area contributed by atoms with Crippen LogP contribution in [0.1, 0.15) is 18.9 Å². The van der Waals surface area contributed by atoms with E-state index in [0.717, 1.165) is 31.2 Å². The summed E-state index contributed by atoms with van der Waals surface area (Å²) in [7, 11) is 2.12. The second-order valence-corrected chi connectivity index (χ2v) is 4.49. The molecule has 3 heteroatoms. The number of likely N-dealkylation sites (N-methyl/N-ethyl adjacent to an activating group) is 1. The van der Waals surface area contributed by atoms with Crippen LogP contribution >= 0.6 is 11.6 Å². The summed E-state index contributed by atoms with van der Waals surface area (Å²) < 4.78 is 0. The maximum absolute atomic E-state index is 6.11. The average molecular weight is 241 g/mol. The lowest BCUT2D eigenvalue weighted by atomic mass is 10.2. The van der Waals surface area contributed by atoms with Crippen molar-refractivity contribution in [1.82, 2.24) is 10.2 Å². The van der Waals surface area contributed by atoms with E-state index in [4.69, 9.17) is 11.6 Å². The van der Waals surface area contributed by atoms with Crippen molar-refractivity contribution in [3.8, 4) is 0 Å². The van der Waals surface area contributed by atoms with Crippen molar-refractivity contribution in [3.63, 3.8) is 0 Å². The molecular formula is C13H21ClN2. The molecule has 0 fully saturated rings. The molecule has 1 aromatic rings. The van der Waals surface area contributed by atoms with E-state index in [0.29, 0.717) is 0 Å². The third-order valence-electron chi connectivity index (χ3n) is 2.50. The minimum atomic E-state index is 0.857. The number of halogens is 1. The maximum Gasteiger partial charge on any atom is 0.0451 e. The Morgan fingerprint density at radius 3 is 2.69 bits per heavy atom. The lowest BCUT2D eigenvalue weighted by molar-refractivity contribution is 0.324. The van der Waals surface area contributed by atoms with Crippen molar-refractivity contribution >= 4 is 11.6 Å². The Bertz CT molecular complexity index is 302. The Hall–Kier alpha value is -0.570. The molecule has 0 aliphatic rings. The van der Waals surface area contributed by atoms with Gasteiger partial charge in [0, 0.05) is 24.7 Å². The summed E-state index contributed by atoms with van der Waals surface area (Å²) in [6.07, 6.45) is 1.19. The Morgan fingerprint density at radius 1 is 1.25 bits per heavy atom. The molecule has 16 heavy (non-hydrogen) atoms. The van der Waals surface area contributed by atoms with Crippen molar-refractivity contribution in [1.29, 1.82) is 0 Å². The molecule has 0 unspecified atom stereocenters. The fourth-order valence-electron chi connectivity index (χ4n) is 1.57. The van der Waals surface area contributed by atoms with Crippen molar-refractivity contribution in [3.05, 3.63) is 34.9 Å². The highest BCUT2D eigenvalue weighted by Gasteiger charge is 2.02. The normalized spacial score (nSPS) is 11.0. The number of rotatable bonds is 7. The zero-order chi connectivity index (χ0) is 11.8. The van der Waals surface area contributed by atoms with E-state index in [1.54, 1.807) is 0 Å². The number of nitrogens with one attached hydrogen (secondary N) is 1. The van der Waals surface area contributed by atoms with Gasteiger partial charge in [0.2, 0.25) is 0 Å². The van der Waals surface area contributed by atoms with Gasteiger partial charge >= 0.3 is 0 Å². The first kappa shape index (κ1) is 13.5. The third-order valence-corrected chi connectivity index (χ3v) is 2.86. The monoisotopic (exact) mass is 240 g/mol. The molecule has 0 aliphatic carbocycles. The molecule has 0 saturated heterocycles. The fourth-order valence-corrected chi connectivity index (χ4v) is 1.76. The van der Waals surface area contributed by atoms with E-state index < -0.39 is 0 Å². The molecule has 0 atom stereocenters. The van der Waals surface area contributed by atoms with Crippen LogP contribution in [0.2, 0.25) is 5.02 Å². The molecule has 1 rings (SSSR count). The van der Waals surface area contributed by atoms with Crippen molar-refractivity contribution < 1.29 is 0 Å². The lowest BCUT2D eigenvalue weighted by Crippen LogP contribution is -2.29. The third kappa shape index (κ3) is 4.97. The summed E-state index contributed by atoms with van der Waals surface area (Å²) in [5.74, 6) is 0. The summed E-state index contributed by atoms with van der Waals surface area (Å²) in [4.78, 5) is 2.28. The standard InChI is InChI=1S/C13H21ClN2/c1-3-8-15-9-10-16(2)11-12-6-4-5-7-13(12)14/h4-7,15H,3,8-11H2,1-2H3. The van der Waals surface area contributed by atoms with E-state index in [-0.39, 0.29) is 0 Å². The second-order valence-electron chi connectivity index (χ2n) is 4.08. The van der Waals surface area contributed by atoms with Crippen LogP contribution in [-0.2, 0) is 6.54 Å². The Kier molecular flexibility index (Phi) is 6.46. The molecule has 0 radical (unpaired) electrons. The predicted molar refractivity (Wildman–Crippen MR) is 70.9 cm³/mol. The first-order chi connectivity index (χ1) is 7.74. The van der Waals surface area contributed by atoms with Crippen LogP contribution in [0, 0.1) is 0 Å². The Labute approximate surface area is 104 Å². The van der Waals surface area contributed by atoms with Crippen molar-refractivity contribution in [2.45, 2.75) is 19.9 Å². The molecule has 0 heterocycles. The van der Waals surface area contributed by atoms with E-state index in [2.05, 4.69) is 30.3 Å². The zero-order valence-corrected chi connectivity index (χ0v) is 10.9. The van der Waals surface area contributed by atoms with Crippen LogP contribution in [-0.4, -0.2) is 31.6 Å². The van der Waals surface area contributed by atoms with Gasteiger partial charge in [-0.2, -0.15) is 0 Å². The first-order valence-corrected chi connectivity index (χ1v) is 6.24. The molecule has 1 N–H and O–H groups in total. The summed E-state index contributed by atoms with van der Waals surface area (Å²) in [5.41, 5.74) is 1.20. The smallest absolute Gasteiger partial charge is 0.0451 e. The summed E-state index contributed by atoms with van der Waals surface area (Å²) in [5, 5.41) is 4.25. The van der Waals surface area contributed by atoms with E-state index in [1.165, 1.54) is 12.0 Å². The summed E-state index contributed by atoms with van der Waals surface area (Å²) >= 11 is 6.11. The highest BCUT2D eigenvalue weighted by Crippen LogP contribution is 2.15. The molecule has 0 bridgehead atoms. The van der Waals surface area contributed by atoms with E-state index >= 15 is 0 Å². The average Bonchev–Trinajstić information content (AvgIpc) is 2.28. The predicted octanol–water partition coefficient (Wildman–Crippen LogP) is 2.77. The van der Waals surface area contributed by atoms with Gasteiger partial charge in [0.05, 0.1) is 0 Å². The van der Waals surface area contributed by atoms with Gasteiger partial charge in [0.25, 0.3) is 0 Å². The van der Waals surface area contributed by atoms with E-state index in [9.17, 15) is 0 Å². The van der Waals surface area contributed by atoms with Crippen LogP contribution in [0.4, 0.5) is 0 Å². The van der Waals surface area contributed by atoms with Gasteiger partial charge in [-0.1, -0.05) is 36.7 Å². The van der Waals surface area contributed by atoms with E-state index in [1.807, 2.05) is 18.2 Å². The van der Waals surface area contributed by atoms with Gasteiger partial charge in [0.15, 0.2) is 0 Å². The fraction of sp³-hybridized carbons (Fsp3) is 0.538. The van der Waals surface area contributed by atoms with Gasteiger partial charge in [-0.3, -0.25) is 0 Å². The number of nitrogens with zero attached hydrogens (tertiary/aromatic N) is 1. The number of benzene rings is 1. The SMILES string of the molecule is CCCNCCN(C)Cc1ccccc1Cl. The molecular weight excluding hydrogens is 220 g/mol. The summed E-state index contributed by atoms with van der Waals surface area (Å²) in [6.45, 7) is 6.27. The van der Waals surface area contributed by atoms with Gasteiger partial charge in [0.1, 0.15) is 0 Å². The Balaban J connectivity index is 2.28. The molecule has 0 aromatic heterocycles. The van der Waals surface area contributed by atoms with Crippen LogP contribution in [0.25, 0.3) is 0 Å². The zero-order valence-electron chi connectivity index (χ0n) is 10.2. The first-order valence-electron chi connectivity index (χ1n) is 5.86. The minimum absolute atomic E-state index is 0.857. The second kappa shape index (κ2) is 7.66. The van der Waals surface area contributed by atoms with Crippen LogP contribution in [0.15, 0.2) is 24.3 Å². The molecule has 0 saturated carbocycles. The van der Waals surface area contributed by atoms with Crippen molar-refractivity contribution in [2.24, 2.45) is 0 Å². The van der Waals surface area contributed by atoms with Crippen LogP contribution in [0.5, 0.6) is 0 Å². The highest BCUT2D eigenvalue weighted by molar-refractivity contribution is 6.31. The van der Waals surface area contributed by atoms with Gasteiger partial charge < -0.3 is 10.2 Å². The molecule has 1 aromatic carbocycles. The lowest BCUT2D eigenvalue weighted by Gasteiger charge is -2.17. The molecule has 90 valence electrons. The molecule has 0 amide bonds. The minimum Gasteiger partial charge on any atom is -0.315 e. The topological polar surface area (TPSA) is 15.3 Å². The van der Waals surface area contributed by atoms with Gasteiger partial charge in [-0.15, -0.1) is 0 Å². The maximum atomic E-state index is 6.11. The molecule has 0 spiro atoms. The summed E-state index contributed by atoms with van der Waals surface area (Å²) in [6, 6.07) is 8.03. The Morgan fingerprint density at radius 2 is 2.00 bits per heavy atom. The largest absolute Gasteiger partial charge is 0.315 e. The number of hydrogen-bond acceptors (Lipinski definition) is 2. The van der Waals surface area contributed by atoms with Crippen molar-refractivity contribution in [2.75, 3.05) is 26.7 Å². The van der Waals surface area contributed by atoms with Gasteiger partial charge in [-0.25, -0.2) is 0 Å². The highest BCUT2D eigenvalue weighted by atomic mass is 35.5. The quantitative estimate of drug-likeness (QED) is 0.738. The van der Waals surface area contributed by atoms with Crippen LogP contribution in [0.3, 0.4) is 0 Å². The molecule has 2 nitrogen and oxygen atoms in total. The van der Waals surface area contributed by atoms with Gasteiger partial charge in [-0.05, 0) is 31.6 Å². The molecule has 0 aliphatic heterocycles.